The summed E-state index contributed by atoms with van der Waals surface area (Å²) in [5, 5.41) is 10.1. The predicted octanol–water partition coefficient (Wildman–Crippen LogP) is 5.99. The highest BCUT2D eigenvalue weighted by Crippen LogP contribution is 2.24. The first kappa shape index (κ1) is 23.2. The molecule has 0 fully saturated rings. The van der Waals surface area contributed by atoms with E-state index in [0.717, 1.165) is 19.3 Å². The minimum Gasteiger partial charge on any atom is -0.507 e. The molecule has 0 bridgehead atoms. The lowest BCUT2D eigenvalue weighted by Crippen LogP contribution is -2.12. The fourth-order valence-electron chi connectivity index (χ4n) is 3.32. The molecular weight excluding hydrogens is 340 g/mol. The quantitative estimate of drug-likeness (QED) is 0.232. The minimum absolute atomic E-state index is 0.0152. The van der Waals surface area contributed by atoms with Crippen LogP contribution < -0.4 is 0 Å². The Kier molecular flexibility index (Phi) is 12.2. The van der Waals surface area contributed by atoms with Gasteiger partial charge in [-0.3, -0.25) is 9.59 Å². The van der Waals surface area contributed by atoms with E-state index in [2.05, 4.69) is 6.92 Å². The van der Waals surface area contributed by atoms with Crippen LogP contribution >= 0.6 is 0 Å². The Hall–Kier alpha value is -1.84. The summed E-state index contributed by atoms with van der Waals surface area (Å²) in [6.45, 7) is 4.29. The third-order valence-electron chi connectivity index (χ3n) is 4.81. The van der Waals surface area contributed by atoms with E-state index in [1.807, 2.05) is 0 Å². The van der Waals surface area contributed by atoms with E-state index in [1.165, 1.54) is 51.0 Å². The zero-order valence-corrected chi connectivity index (χ0v) is 17.1. The molecule has 0 heterocycles. The predicted molar refractivity (Wildman–Crippen MR) is 109 cm³/mol. The van der Waals surface area contributed by atoms with Gasteiger partial charge in [0.05, 0.1) is 18.6 Å². The molecule has 1 aromatic carbocycles. The second-order valence-corrected chi connectivity index (χ2v) is 7.15. The fraction of sp³-hybridized carbons (Fsp3) is 0.652. The first-order valence-corrected chi connectivity index (χ1v) is 10.6. The van der Waals surface area contributed by atoms with Crippen molar-refractivity contribution in [1.29, 1.82) is 0 Å². The van der Waals surface area contributed by atoms with Crippen LogP contribution in [0.15, 0.2) is 18.2 Å². The topological polar surface area (TPSA) is 63.6 Å². The molecule has 0 saturated carbocycles. The zero-order valence-electron chi connectivity index (χ0n) is 17.1. The van der Waals surface area contributed by atoms with E-state index in [4.69, 9.17) is 4.74 Å². The first-order chi connectivity index (χ1) is 13.1. The van der Waals surface area contributed by atoms with Gasteiger partial charge < -0.3 is 9.84 Å². The lowest BCUT2D eigenvalue weighted by atomic mass is 9.96. The number of ketones is 1. The minimum atomic E-state index is -0.379. The molecule has 1 rings (SSSR count). The van der Waals surface area contributed by atoms with Crippen LogP contribution in [0.4, 0.5) is 0 Å². The summed E-state index contributed by atoms with van der Waals surface area (Å²) in [6, 6.07) is 4.87. The van der Waals surface area contributed by atoms with Crippen molar-refractivity contribution in [2.45, 2.75) is 90.9 Å². The van der Waals surface area contributed by atoms with Crippen molar-refractivity contribution in [3.63, 3.8) is 0 Å². The number of carbonyl (C=O) groups excluding carboxylic acids is 2. The number of phenolic OH excluding ortho intramolecular Hbond substituents is 1. The number of rotatable bonds is 15. The van der Waals surface area contributed by atoms with E-state index in [-0.39, 0.29) is 29.5 Å². The maximum atomic E-state index is 12.5. The second-order valence-electron chi connectivity index (χ2n) is 7.15. The molecular formula is C23H36O4. The number of phenols is 1. The van der Waals surface area contributed by atoms with Crippen LogP contribution in [0.3, 0.4) is 0 Å². The molecule has 0 aromatic heterocycles. The van der Waals surface area contributed by atoms with Crippen LogP contribution in [-0.2, 0) is 16.0 Å². The number of hydrogen-bond donors (Lipinski definition) is 1. The summed E-state index contributed by atoms with van der Waals surface area (Å²) >= 11 is 0. The van der Waals surface area contributed by atoms with Crippen LogP contribution in [0.5, 0.6) is 5.75 Å². The summed E-state index contributed by atoms with van der Waals surface area (Å²) in [5.74, 6) is -0.517. The number of carbonyl (C=O) groups is 2. The summed E-state index contributed by atoms with van der Waals surface area (Å²) in [5.41, 5.74) is 0.826. The van der Waals surface area contributed by atoms with Crippen molar-refractivity contribution < 1.29 is 19.4 Å². The van der Waals surface area contributed by atoms with Crippen molar-refractivity contribution >= 4 is 11.8 Å². The van der Waals surface area contributed by atoms with Crippen LogP contribution in [0.2, 0.25) is 0 Å². The van der Waals surface area contributed by atoms with Gasteiger partial charge in [-0.15, -0.1) is 0 Å². The number of benzene rings is 1. The smallest absolute Gasteiger partial charge is 0.310 e. The van der Waals surface area contributed by atoms with Gasteiger partial charge in [0.1, 0.15) is 5.75 Å². The Morgan fingerprint density at radius 3 is 2.07 bits per heavy atom. The Morgan fingerprint density at radius 1 is 0.889 bits per heavy atom. The molecule has 152 valence electrons. The summed E-state index contributed by atoms with van der Waals surface area (Å²) in [6.07, 6.45) is 12.5. The summed E-state index contributed by atoms with van der Waals surface area (Å²) in [7, 11) is 0. The normalized spacial score (nSPS) is 10.7. The van der Waals surface area contributed by atoms with E-state index < -0.39 is 0 Å². The van der Waals surface area contributed by atoms with Crippen LogP contribution in [0.1, 0.15) is 100 Å². The van der Waals surface area contributed by atoms with Gasteiger partial charge in [-0.05, 0) is 25.0 Å². The average molecular weight is 377 g/mol. The Labute approximate surface area is 164 Å². The van der Waals surface area contributed by atoms with Crippen molar-refractivity contribution in [2.24, 2.45) is 0 Å². The number of Topliss-reactive ketones (excluding diaryl/α,β-unsaturated/α-hetero) is 1. The van der Waals surface area contributed by atoms with Crippen LogP contribution in [0.25, 0.3) is 0 Å². The van der Waals surface area contributed by atoms with Crippen LogP contribution in [0, 0.1) is 0 Å². The van der Waals surface area contributed by atoms with Gasteiger partial charge in [0.2, 0.25) is 0 Å². The van der Waals surface area contributed by atoms with Gasteiger partial charge in [-0.25, -0.2) is 0 Å². The van der Waals surface area contributed by atoms with Gasteiger partial charge in [0.15, 0.2) is 5.78 Å². The Bertz CT molecular complexity index is 565. The molecule has 4 heteroatoms. The van der Waals surface area contributed by atoms with Gasteiger partial charge >= 0.3 is 5.97 Å². The molecule has 0 aliphatic carbocycles. The second kappa shape index (κ2) is 14.2. The Balaban J connectivity index is 2.35. The highest BCUT2D eigenvalue weighted by atomic mass is 16.5. The molecule has 0 saturated heterocycles. The van der Waals surface area contributed by atoms with Gasteiger partial charge in [0, 0.05) is 6.42 Å². The molecule has 0 radical (unpaired) electrons. The zero-order chi connectivity index (χ0) is 19.9. The van der Waals surface area contributed by atoms with Gasteiger partial charge in [-0.1, -0.05) is 76.8 Å². The molecule has 0 aliphatic rings. The summed E-state index contributed by atoms with van der Waals surface area (Å²) < 4.78 is 4.96. The van der Waals surface area contributed by atoms with Crippen molar-refractivity contribution in [2.75, 3.05) is 6.61 Å². The van der Waals surface area contributed by atoms with E-state index in [1.54, 1.807) is 19.1 Å². The molecule has 0 aliphatic heterocycles. The number of aromatic hydroxyl groups is 1. The summed E-state index contributed by atoms with van der Waals surface area (Å²) in [4.78, 5) is 24.3. The fourth-order valence-corrected chi connectivity index (χ4v) is 3.32. The lowest BCUT2D eigenvalue weighted by molar-refractivity contribution is -0.142. The molecule has 1 aromatic rings. The molecule has 0 unspecified atom stereocenters. The molecule has 1 N–H and O–H groups in total. The molecule has 27 heavy (non-hydrogen) atoms. The van der Waals surface area contributed by atoms with Gasteiger partial charge in [0.25, 0.3) is 0 Å². The van der Waals surface area contributed by atoms with Crippen LogP contribution in [-0.4, -0.2) is 23.5 Å². The standard InChI is InChI=1S/C23H36O4/c1-3-5-6-7-8-9-10-11-12-13-16-20(24)23-19(15-14-17-21(23)25)18-22(26)27-4-2/h14-15,17,25H,3-13,16,18H2,1-2H3. The van der Waals surface area contributed by atoms with Crippen molar-refractivity contribution in [3.8, 4) is 5.75 Å². The van der Waals surface area contributed by atoms with Crippen molar-refractivity contribution in [1.82, 2.24) is 0 Å². The third kappa shape index (κ3) is 9.60. The van der Waals surface area contributed by atoms with Gasteiger partial charge in [-0.2, -0.15) is 0 Å². The number of hydrogen-bond acceptors (Lipinski definition) is 4. The molecule has 4 nitrogen and oxygen atoms in total. The number of esters is 1. The highest BCUT2D eigenvalue weighted by molar-refractivity contribution is 6.00. The number of ether oxygens (including phenoxy) is 1. The Morgan fingerprint density at radius 2 is 1.48 bits per heavy atom. The van der Waals surface area contributed by atoms with E-state index >= 15 is 0 Å². The third-order valence-corrected chi connectivity index (χ3v) is 4.81. The maximum Gasteiger partial charge on any atom is 0.310 e. The molecule has 0 amide bonds. The lowest BCUT2D eigenvalue weighted by Gasteiger charge is -2.10. The maximum absolute atomic E-state index is 12.5. The van der Waals surface area contributed by atoms with Crippen molar-refractivity contribution in [3.05, 3.63) is 29.3 Å². The first-order valence-electron chi connectivity index (χ1n) is 10.6. The largest absolute Gasteiger partial charge is 0.507 e. The molecule has 0 atom stereocenters. The number of unbranched alkanes of at least 4 members (excludes halogenated alkanes) is 9. The van der Waals surface area contributed by atoms with E-state index in [9.17, 15) is 14.7 Å². The SMILES string of the molecule is CCCCCCCCCCCCC(=O)c1c(O)cccc1CC(=O)OCC. The molecule has 0 spiro atoms. The highest BCUT2D eigenvalue weighted by Gasteiger charge is 2.18. The van der Waals surface area contributed by atoms with E-state index in [0.29, 0.717) is 18.6 Å². The monoisotopic (exact) mass is 376 g/mol. The average Bonchev–Trinajstić information content (AvgIpc) is 2.63.